The monoisotopic (exact) mass is 322 g/mol. The normalized spacial score (nSPS) is 16.1. The summed E-state index contributed by atoms with van der Waals surface area (Å²) in [6, 6.07) is 4.30. The number of unbranched alkanes of at least 4 members (excludes halogenated alkanes) is 1. The Labute approximate surface area is 139 Å². The molecule has 0 spiro atoms. The van der Waals surface area contributed by atoms with Crippen molar-refractivity contribution in [1.82, 2.24) is 15.5 Å². The molecule has 1 saturated heterocycles. The summed E-state index contributed by atoms with van der Waals surface area (Å²) in [6.07, 6.45) is 6.28. The summed E-state index contributed by atoms with van der Waals surface area (Å²) in [7, 11) is 0. The van der Waals surface area contributed by atoms with Gasteiger partial charge in [-0.2, -0.15) is 0 Å². The van der Waals surface area contributed by atoms with Gasteiger partial charge in [0, 0.05) is 24.5 Å². The molecule has 0 radical (unpaired) electrons. The maximum atomic E-state index is 4.68. The lowest BCUT2D eigenvalue weighted by molar-refractivity contribution is 0.331. The summed E-state index contributed by atoms with van der Waals surface area (Å²) in [4.78, 5) is 8.68. The number of rotatable bonds is 9. The molecule has 0 unspecified atom stereocenters. The number of nitrogens with zero attached hydrogens (tertiary/aromatic N) is 2. The van der Waals surface area contributed by atoms with Gasteiger partial charge < -0.3 is 15.5 Å². The Morgan fingerprint density at radius 3 is 2.86 bits per heavy atom. The van der Waals surface area contributed by atoms with Crippen LogP contribution in [0, 0.1) is 0 Å². The van der Waals surface area contributed by atoms with Crippen LogP contribution in [-0.4, -0.2) is 50.1 Å². The van der Waals surface area contributed by atoms with E-state index in [0.29, 0.717) is 0 Å². The Balaban J connectivity index is 1.58. The van der Waals surface area contributed by atoms with Gasteiger partial charge in [0.25, 0.3) is 0 Å². The van der Waals surface area contributed by atoms with Crippen molar-refractivity contribution in [3.05, 3.63) is 22.4 Å². The van der Waals surface area contributed by atoms with Crippen LogP contribution in [0.15, 0.2) is 22.5 Å². The lowest BCUT2D eigenvalue weighted by Gasteiger charge is -2.14. The van der Waals surface area contributed by atoms with Crippen molar-refractivity contribution >= 4 is 17.3 Å². The van der Waals surface area contributed by atoms with E-state index in [0.717, 1.165) is 32.0 Å². The van der Waals surface area contributed by atoms with Gasteiger partial charge in [0.1, 0.15) is 0 Å². The summed E-state index contributed by atoms with van der Waals surface area (Å²) < 4.78 is 0. The van der Waals surface area contributed by atoms with E-state index >= 15 is 0 Å². The standard InChI is InChI=1S/C17H30N4S/c1-2-18-17(20-11-9-16-8-7-15-22-16)19-10-3-4-12-21-13-5-6-14-21/h7-8,15H,2-6,9-14H2,1H3,(H2,18,19,20). The van der Waals surface area contributed by atoms with Crippen molar-refractivity contribution in [1.29, 1.82) is 0 Å². The van der Waals surface area contributed by atoms with Gasteiger partial charge in [-0.1, -0.05) is 6.07 Å². The van der Waals surface area contributed by atoms with E-state index in [1.165, 1.54) is 50.2 Å². The van der Waals surface area contributed by atoms with E-state index in [1.54, 1.807) is 0 Å². The minimum atomic E-state index is 0.915. The highest BCUT2D eigenvalue weighted by Crippen LogP contribution is 2.09. The average Bonchev–Trinajstić information content (AvgIpc) is 3.20. The van der Waals surface area contributed by atoms with Gasteiger partial charge in [-0.05, 0) is 70.1 Å². The van der Waals surface area contributed by atoms with Crippen LogP contribution >= 0.6 is 11.3 Å². The number of aliphatic imine (C=N–C) groups is 1. The van der Waals surface area contributed by atoms with E-state index in [9.17, 15) is 0 Å². The third-order valence-corrected chi connectivity index (χ3v) is 4.88. The van der Waals surface area contributed by atoms with Crippen LogP contribution in [0.25, 0.3) is 0 Å². The molecule has 1 aliphatic heterocycles. The van der Waals surface area contributed by atoms with Crippen molar-refractivity contribution in [3.63, 3.8) is 0 Å². The Kier molecular flexibility index (Phi) is 8.35. The van der Waals surface area contributed by atoms with E-state index in [1.807, 2.05) is 11.3 Å². The maximum Gasteiger partial charge on any atom is 0.191 e. The molecular formula is C17H30N4S. The number of guanidine groups is 1. The zero-order valence-electron chi connectivity index (χ0n) is 13.8. The molecule has 4 nitrogen and oxygen atoms in total. The molecular weight excluding hydrogens is 292 g/mol. The summed E-state index contributed by atoms with van der Waals surface area (Å²) in [6.45, 7) is 8.75. The maximum absolute atomic E-state index is 4.68. The highest BCUT2D eigenvalue weighted by molar-refractivity contribution is 7.09. The lowest BCUT2D eigenvalue weighted by atomic mass is 10.3. The van der Waals surface area contributed by atoms with Crippen molar-refractivity contribution in [3.8, 4) is 0 Å². The van der Waals surface area contributed by atoms with Gasteiger partial charge in [-0.3, -0.25) is 4.99 Å². The van der Waals surface area contributed by atoms with Gasteiger partial charge in [0.2, 0.25) is 0 Å². The van der Waals surface area contributed by atoms with Crippen molar-refractivity contribution in [2.45, 2.75) is 39.0 Å². The zero-order valence-corrected chi connectivity index (χ0v) is 14.6. The van der Waals surface area contributed by atoms with Crippen molar-refractivity contribution in [2.24, 2.45) is 4.99 Å². The van der Waals surface area contributed by atoms with Gasteiger partial charge in [-0.25, -0.2) is 0 Å². The smallest absolute Gasteiger partial charge is 0.191 e. The van der Waals surface area contributed by atoms with Gasteiger partial charge in [0.05, 0.1) is 0 Å². The molecule has 1 aromatic heterocycles. The van der Waals surface area contributed by atoms with Crippen LogP contribution in [0.2, 0.25) is 0 Å². The molecule has 0 atom stereocenters. The second kappa shape index (κ2) is 10.6. The third kappa shape index (κ3) is 6.79. The van der Waals surface area contributed by atoms with Crippen molar-refractivity contribution < 1.29 is 0 Å². The fourth-order valence-corrected chi connectivity index (χ4v) is 3.45. The fourth-order valence-electron chi connectivity index (χ4n) is 2.74. The summed E-state index contributed by atoms with van der Waals surface area (Å²) in [5.41, 5.74) is 0. The second-order valence-corrected chi connectivity index (χ2v) is 6.80. The number of likely N-dealkylation sites (tertiary alicyclic amines) is 1. The predicted octanol–water partition coefficient (Wildman–Crippen LogP) is 2.72. The Hall–Kier alpha value is -1.07. The Morgan fingerprint density at radius 1 is 1.27 bits per heavy atom. The summed E-state index contributed by atoms with van der Waals surface area (Å²) in [5, 5.41) is 8.89. The Morgan fingerprint density at radius 2 is 2.14 bits per heavy atom. The first-order chi connectivity index (χ1) is 10.9. The average molecular weight is 323 g/mol. The minimum absolute atomic E-state index is 0.915. The Bertz CT molecular complexity index is 410. The fraction of sp³-hybridized carbons (Fsp3) is 0.706. The first-order valence-corrected chi connectivity index (χ1v) is 9.53. The van der Waals surface area contributed by atoms with Crippen LogP contribution in [0.1, 0.15) is 37.5 Å². The van der Waals surface area contributed by atoms with Crippen LogP contribution in [0.5, 0.6) is 0 Å². The topological polar surface area (TPSA) is 39.7 Å². The molecule has 2 N–H and O–H groups in total. The predicted molar refractivity (Wildman–Crippen MR) is 96.9 cm³/mol. The molecule has 5 heteroatoms. The number of nitrogens with one attached hydrogen (secondary N) is 2. The largest absolute Gasteiger partial charge is 0.357 e. The van der Waals surface area contributed by atoms with E-state index in [4.69, 9.17) is 0 Å². The molecule has 0 saturated carbocycles. The lowest BCUT2D eigenvalue weighted by Crippen LogP contribution is -2.38. The first-order valence-electron chi connectivity index (χ1n) is 8.65. The third-order valence-electron chi connectivity index (χ3n) is 3.94. The van der Waals surface area contributed by atoms with Crippen LogP contribution in [0.3, 0.4) is 0 Å². The summed E-state index contributed by atoms with van der Waals surface area (Å²) >= 11 is 1.82. The molecule has 0 bridgehead atoms. The van der Waals surface area contributed by atoms with E-state index in [2.05, 4.69) is 45.0 Å². The van der Waals surface area contributed by atoms with Gasteiger partial charge >= 0.3 is 0 Å². The molecule has 0 amide bonds. The second-order valence-electron chi connectivity index (χ2n) is 5.77. The molecule has 22 heavy (non-hydrogen) atoms. The molecule has 0 aliphatic carbocycles. The number of hydrogen-bond donors (Lipinski definition) is 2. The molecule has 2 heterocycles. The summed E-state index contributed by atoms with van der Waals surface area (Å²) in [5.74, 6) is 0.959. The van der Waals surface area contributed by atoms with Crippen molar-refractivity contribution in [2.75, 3.05) is 39.3 Å². The molecule has 2 rings (SSSR count). The number of thiophene rings is 1. The molecule has 1 fully saturated rings. The zero-order chi connectivity index (χ0) is 15.5. The van der Waals surface area contributed by atoms with E-state index < -0.39 is 0 Å². The molecule has 1 aliphatic rings. The SMILES string of the molecule is CCNC(=NCCCCN1CCCC1)NCCc1cccs1. The van der Waals surface area contributed by atoms with Crippen LogP contribution in [0.4, 0.5) is 0 Å². The minimum Gasteiger partial charge on any atom is -0.357 e. The first kappa shape index (κ1) is 17.3. The van der Waals surface area contributed by atoms with Crippen LogP contribution < -0.4 is 10.6 Å². The quantitative estimate of drug-likeness (QED) is 0.417. The molecule has 124 valence electrons. The molecule has 1 aromatic rings. The number of hydrogen-bond acceptors (Lipinski definition) is 3. The van der Waals surface area contributed by atoms with Crippen LogP contribution in [-0.2, 0) is 6.42 Å². The highest BCUT2D eigenvalue weighted by atomic mass is 32.1. The van der Waals surface area contributed by atoms with E-state index in [-0.39, 0.29) is 0 Å². The molecule has 0 aromatic carbocycles. The van der Waals surface area contributed by atoms with Gasteiger partial charge in [-0.15, -0.1) is 11.3 Å². The highest BCUT2D eigenvalue weighted by Gasteiger charge is 2.09. The van der Waals surface area contributed by atoms with Gasteiger partial charge in [0.15, 0.2) is 5.96 Å².